The van der Waals surface area contributed by atoms with E-state index in [9.17, 15) is 0 Å². The molecule has 0 radical (unpaired) electrons. The highest BCUT2D eigenvalue weighted by Gasteiger charge is 2.43. The van der Waals surface area contributed by atoms with E-state index < -0.39 is 5.79 Å². The minimum absolute atomic E-state index is 0.265. The van der Waals surface area contributed by atoms with Gasteiger partial charge in [-0.3, -0.25) is 0 Å². The second-order valence-corrected chi connectivity index (χ2v) is 14.0. The van der Waals surface area contributed by atoms with Gasteiger partial charge in [0.2, 0.25) is 0 Å². The Kier molecular flexibility index (Phi) is 28.1. The van der Waals surface area contributed by atoms with Gasteiger partial charge < -0.3 is 14.4 Å². The molecular weight excluding hydrogens is 550 g/mol. The molecule has 1 rings (SSSR count). The molecule has 1 fully saturated rings. The Morgan fingerprint density at radius 3 is 1.22 bits per heavy atom. The van der Waals surface area contributed by atoms with Crippen LogP contribution in [0.1, 0.15) is 181 Å². The number of ether oxygens (including phenoxy) is 2. The third-order valence-electron chi connectivity index (χ3n) is 9.11. The van der Waals surface area contributed by atoms with Gasteiger partial charge >= 0.3 is 0 Å². The van der Waals surface area contributed by atoms with Gasteiger partial charge in [0.05, 0.1) is 12.2 Å². The van der Waals surface area contributed by atoms with Crippen molar-refractivity contribution in [3.05, 3.63) is 48.6 Å². The van der Waals surface area contributed by atoms with Crippen LogP contribution >= 0.6 is 0 Å². The van der Waals surface area contributed by atoms with Crippen LogP contribution in [0, 0.1) is 0 Å². The number of allylic oxidation sites excluding steroid dienone is 8. The van der Waals surface area contributed by atoms with Crippen LogP contribution in [0.2, 0.25) is 0 Å². The minimum Gasteiger partial charge on any atom is -0.344 e. The molecule has 0 aromatic rings. The summed E-state index contributed by atoms with van der Waals surface area (Å²) in [4.78, 5) is 2.24. The second kappa shape index (κ2) is 30.2. The number of unbranched alkanes of at least 4 members (excludes halogenated alkanes) is 16. The maximum absolute atomic E-state index is 6.63. The largest absolute Gasteiger partial charge is 0.344 e. The topological polar surface area (TPSA) is 21.7 Å². The van der Waals surface area contributed by atoms with Crippen molar-refractivity contribution in [2.45, 2.75) is 199 Å². The first-order chi connectivity index (χ1) is 22.0. The lowest BCUT2D eigenvalue weighted by Crippen LogP contribution is -2.31. The van der Waals surface area contributed by atoms with E-state index in [0.29, 0.717) is 0 Å². The molecule has 0 aromatic heterocycles. The van der Waals surface area contributed by atoms with E-state index in [-0.39, 0.29) is 12.2 Å². The Bertz CT molecular complexity index is 698. The maximum atomic E-state index is 6.63. The van der Waals surface area contributed by atoms with E-state index in [1.165, 1.54) is 128 Å². The molecule has 1 aliphatic rings. The van der Waals surface area contributed by atoms with Gasteiger partial charge in [-0.1, -0.05) is 140 Å². The quantitative estimate of drug-likeness (QED) is 0.0564. The summed E-state index contributed by atoms with van der Waals surface area (Å²) in [5.41, 5.74) is 0. The first kappa shape index (κ1) is 41.9. The molecule has 0 spiro atoms. The first-order valence-electron chi connectivity index (χ1n) is 19.6. The van der Waals surface area contributed by atoms with Crippen molar-refractivity contribution in [1.29, 1.82) is 0 Å². The summed E-state index contributed by atoms with van der Waals surface area (Å²) in [5.74, 6) is -0.423. The summed E-state index contributed by atoms with van der Waals surface area (Å²) in [5, 5.41) is 0. The van der Waals surface area contributed by atoms with E-state index in [1.807, 2.05) is 0 Å². The monoisotopic (exact) mass is 628 g/mol. The maximum Gasteiger partial charge on any atom is 0.167 e. The van der Waals surface area contributed by atoms with Crippen molar-refractivity contribution >= 4 is 0 Å². The third kappa shape index (κ3) is 25.6. The SMILES string of the molecule is CCCCC/C=C\C/C=C\CCCCCCCC1OC(C)(CCN(C)C)OC1CCCCCCC/C=C\C/C=C\CCCCC. The minimum atomic E-state index is -0.423. The fraction of sp³-hybridized carbons (Fsp3) is 0.810. The van der Waals surface area contributed by atoms with Crippen molar-refractivity contribution in [3.8, 4) is 0 Å². The number of hydrogen-bond acceptors (Lipinski definition) is 3. The zero-order valence-electron chi connectivity index (χ0n) is 30.9. The van der Waals surface area contributed by atoms with Gasteiger partial charge in [-0.05, 0) is 98.1 Å². The lowest BCUT2D eigenvalue weighted by Gasteiger charge is -2.25. The van der Waals surface area contributed by atoms with E-state index in [1.54, 1.807) is 0 Å². The van der Waals surface area contributed by atoms with Crippen LogP contribution in [-0.4, -0.2) is 43.5 Å². The summed E-state index contributed by atoms with van der Waals surface area (Å²) in [7, 11) is 4.27. The Balaban J connectivity index is 2.20. The van der Waals surface area contributed by atoms with E-state index in [4.69, 9.17) is 9.47 Å². The molecule has 1 aliphatic heterocycles. The molecular formula is C42H77NO2. The van der Waals surface area contributed by atoms with Gasteiger partial charge in [-0.25, -0.2) is 0 Å². The molecule has 0 saturated carbocycles. The van der Waals surface area contributed by atoms with Crippen molar-refractivity contribution < 1.29 is 9.47 Å². The Labute approximate surface area is 282 Å². The predicted molar refractivity (Wildman–Crippen MR) is 200 cm³/mol. The van der Waals surface area contributed by atoms with Crippen molar-refractivity contribution in [1.82, 2.24) is 4.90 Å². The van der Waals surface area contributed by atoms with Gasteiger partial charge in [0, 0.05) is 13.0 Å². The van der Waals surface area contributed by atoms with Crippen LogP contribution in [0.4, 0.5) is 0 Å². The van der Waals surface area contributed by atoms with E-state index in [0.717, 1.165) is 38.6 Å². The van der Waals surface area contributed by atoms with Crippen molar-refractivity contribution in [2.75, 3.05) is 20.6 Å². The van der Waals surface area contributed by atoms with Crippen molar-refractivity contribution in [3.63, 3.8) is 0 Å². The molecule has 262 valence electrons. The zero-order chi connectivity index (χ0) is 32.7. The molecule has 0 amide bonds. The summed E-state index contributed by atoms with van der Waals surface area (Å²) < 4.78 is 13.3. The Hall–Kier alpha value is -1.16. The normalized spacial score (nSPS) is 20.8. The zero-order valence-corrected chi connectivity index (χ0v) is 30.9. The molecule has 3 heteroatoms. The molecule has 2 atom stereocenters. The molecule has 1 heterocycles. The average molecular weight is 628 g/mol. The first-order valence-corrected chi connectivity index (χ1v) is 19.6. The van der Waals surface area contributed by atoms with Gasteiger partial charge in [-0.15, -0.1) is 0 Å². The lowest BCUT2D eigenvalue weighted by atomic mass is 9.99. The fourth-order valence-corrected chi connectivity index (χ4v) is 6.17. The standard InChI is InChI=1S/C42H77NO2/c1-6-8-10-12-14-16-18-20-22-24-26-28-30-32-34-36-40-41(45-42(3,44-40)38-39-43(4)5)37-35-33-31-29-27-25-23-21-19-17-15-13-11-9-7-2/h14-17,20-23,40-41H,6-13,18-19,24-39H2,1-5H3/b16-14-,17-15-,22-20-,23-21-. The molecule has 0 aliphatic carbocycles. The second-order valence-electron chi connectivity index (χ2n) is 14.0. The Morgan fingerprint density at radius 1 is 0.489 bits per heavy atom. The summed E-state index contributed by atoms with van der Waals surface area (Å²) in [6.45, 7) is 7.71. The van der Waals surface area contributed by atoms with Crippen LogP contribution in [0.5, 0.6) is 0 Å². The Morgan fingerprint density at radius 2 is 0.844 bits per heavy atom. The van der Waals surface area contributed by atoms with Crippen molar-refractivity contribution in [2.24, 2.45) is 0 Å². The highest BCUT2D eigenvalue weighted by atomic mass is 16.8. The predicted octanol–water partition coefficient (Wildman–Crippen LogP) is 13.1. The molecule has 3 nitrogen and oxygen atoms in total. The molecule has 0 bridgehead atoms. The smallest absolute Gasteiger partial charge is 0.167 e. The summed E-state index contributed by atoms with van der Waals surface area (Å²) in [6.07, 6.45) is 50.9. The van der Waals surface area contributed by atoms with Gasteiger partial charge in [0.1, 0.15) is 0 Å². The lowest BCUT2D eigenvalue weighted by molar-refractivity contribution is -0.168. The van der Waals surface area contributed by atoms with Crippen LogP contribution in [0.25, 0.3) is 0 Å². The number of rotatable bonds is 31. The van der Waals surface area contributed by atoms with Crippen LogP contribution < -0.4 is 0 Å². The average Bonchev–Trinajstić information content (AvgIpc) is 3.35. The van der Waals surface area contributed by atoms with E-state index in [2.05, 4.69) is 88.4 Å². The molecule has 0 N–H and O–H groups in total. The molecule has 2 unspecified atom stereocenters. The van der Waals surface area contributed by atoms with Gasteiger partial charge in [-0.2, -0.15) is 0 Å². The highest BCUT2D eigenvalue weighted by molar-refractivity contribution is 4.93. The number of hydrogen-bond donors (Lipinski definition) is 0. The summed E-state index contributed by atoms with van der Waals surface area (Å²) >= 11 is 0. The van der Waals surface area contributed by atoms with Crippen LogP contribution in [0.3, 0.4) is 0 Å². The van der Waals surface area contributed by atoms with Gasteiger partial charge in [0.25, 0.3) is 0 Å². The molecule has 1 saturated heterocycles. The summed E-state index contributed by atoms with van der Waals surface area (Å²) in [6, 6.07) is 0. The van der Waals surface area contributed by atoms with Crippen LogP contribution in [0.15, 0.2) is 48.6 Å². The van der Waals surface area contributed by atoms with Crippen LogP contribution in [-0.2, 0) is 9.47 Å². The fourth-order valence-electron chi connectivity index (χ4n) is 6.17. The molecule has 45 heavy (non-hydrogen) atoms. The third-order valence-corrected chi connectivity index (χ3v) is 9.11. The number of nitrogens with zero attached hydrogens (tertiary/aromatic N) is 1. The highest BCUT2D eigenvalue weighted by Crippen LogP contribution is 2.36. The molecule has 0 aromatic carbocycles. The van der Waals surface area contributed by atoms with Gasteiger partial charge in [0.15, 0.2) is 5.79 Å². The van der Waals surface area contributed by atoms with E-state index >= 15 is 0 Å².